The summed E-state index contributed by atoms with van der Waals surface area (Å²) in [5.41, 5.74) is 0.260. The van der Waals surface area contributed by atoms with Crippen LogP contribution in [0, 0.1) is 17.5 Å². The fourth-order valence-electron chi connectivity index (χ4n) is 1.14. The summed E-state index contributed by atoms with van der Waals surface area (Å²) in [6.07, 6.45) is -0.0372. The predicted molar refractivity (Wildman–Crippen MR) is 46.3 cm³/mol. The SMILES string of the molecule is CC[C@@H](O)Cc1cc(F)c(F)c(F)c1. The Morgan fingerprint density at radius 2 is 1.71 bits per heavy atom. The molecule has 0 fully saturated rings. The van der Waals surface area contributed by atoms with Crippen LogP contribution in [-0.2, 0) is 6.42 Å². The van der Waals surface area contributed by atoms with Gasteiger partial charge in [-0.05, 0) is 30.5 Å². The van der Waals surface area contributed by atoms with E-state index in [-0.39, 0.29) is 12.0 Å². The maximum Gasteiger partial charge on any atom is 0.194 e. The molecule has 78 valence electrons. The number of aliphatic hydroxyl groups excluding tert-OH is 1. The molecule has 0 bridgehead atoms. The summed E-state index contributed by atoms with van der Waals surface area (Å²) >= 11 is 0. The van der Waals surface area contributed by atoms with Crippen molar-refractivity contribution in [2.75, 3.05) is 0 Å². The molecule has 4 heteroatoms. The molecule has 0 radical (unpaired) electrons. The van der Waals surface area contributed by atoms with Gasteiger partial charge in [0.2, 0.25) is 0 Å². The first-order valence-electron chi connectivity index (χ1n) is 4.36. The Morgan fingerprint density at radius 3 is 2.14 bits per heavy atom. The van der Waals surface area contributed by atoms with Crippen molar-refractivity contribution >= 4 is 0 Å². The lowest BCUT2D eigenvalue weighted by Gasteiger charge is -2.07. The normalized spacial score (nSPS) is 12.9. The molecular formula is C10H11F3O. The van der Waals surface area contributed by atoms with Gasteiger partial charge < -0.3 is 5.11 Å². The predicted octanol–water partition coefficient (Wildman–Crippen LogP) is 2.42. The van der Waals surface area contributed by atoms with Crippen molar-refractivity contribution in [1.29, 1.82) is 0 Å². The van der Waals surface area contributed by atoms with Crippen LogP contribution in [0.4, 0.5) is 13.2 Å². The number of hydrogen-bond donors (Lipinski definition) is 1. The summed E-state index contributed by atoms with van der Waals surface area (Å²) in [5, 5.41) is 9.22. The van der Waals surface area contributed by atoms with Crippen molar-refractivity contribution in [3.05, 3.63) is 35.1 Å². The van der Waals surface area contributed by atoms with E-state index in [9.17, 15) is 18.3 Å². The first-order chi connectivity index (χ1) is 6.54. The molecule has 0 unspecified atom stereocenters. The highest BCUT2D eigenvalue weighted by Crippen LogP contribution is 2.15. The molecular weight excluding hydrogens is 193 g/mol. The number of aliphatic hydroxyl groups is 1. The standard InChI is InChI=1S/C10H11F3O/c1-2-7(14)3-6-4-8(11)10(13)9(12)5-6/h4-5,7,14H,2-3H2,1H3/t7-/m1/s1. The fourth-order valence-corrected chi connectivity index (χ4v) is 1.14. The van der Waals surface area contributed by atoms with Crippen molar-refractivity contribution in [1.82, 2.24) is 0 Å². The zero-order valence-electron chi connectivity index (χ0n) is 7.73. The molecule has 14 heavy (non-hydrogen) atoms. The second kappa shape index (κ2) is 4.46. The Labute approximate surface area is 80.2 Å². The van der Waals surface area contributed by atoms with E-state index < -0.39 is 23.6 Å². The van der Waals surface area contributed by atoms with E-state index in [0.717, 1.165) is 12.1 Å². The fraction of sp³-hybridized carbons (Fsp3) is 0.400. The molecule has 0 heterocycles. The monoisotopic (exact) mass is 204 g/mol. The van der Waals surface area contributed by atoms with Gasteiger partial charge in [-0.3, -0.25) is 0 Å². The van der Waals surface area contributed by atoms with E-state index in [1.807, 2.05) is 0 Å². The quantitative estimate of drug-likeness (QED) is 0.749. The summed E-state index contributed by atoms with van der Waals surface area (Å²) < 4.78 is 37.9. The Bertz CT molecular complexity index is 302. The zero-order valence-corrected chi connectivity index (χ0v) is 7.73. The topological polar surface area (TPSA) is 20.2 Å². The van der Waals surface area contributed by atoms with Crippen LogP contribution in [0.1, 0.15) is 18.9 Å². The molecule has 0 spiro atoms. The van der Waals surface area contributed by atoms with Crippen molar-refractivity contribution in [2.24, 2.45) is 0 Å². The van der Waals surface area contributed by atoms with E-state index in [1.165, 1.54) is 0 Å². The van der Waals surface area contributed by atoms with E-state index in [2.05, 4.69) is 0 Å². The van der Waals surface area contributed by atoms with Crippen molar-refractivity contribution in [3.8, 4) is 0 Å². The third-order valence-electron chi connectivity index (χ3n) is 1.99. The first-order valence-corrected chi connectivity index (χ1v) is 4.36. The van der Waals surface area contributed by atoms with Gasteiger partial charge >= 0.3 is 0 Å². The molecule has 0 aromatic heterocycles. The molecule has 0 aliphatic carbocycles. The van der Waals surface area contributed by atoms with Gasteiger partial charge in [0.25, 0.3) is 0 Å². The highest BCUT2D eigenvalue weighted by Gasteiger charge is 2.12. The minimum atomic E-state index is -1.47. The molecule has 0 amide bonds. The maximum absolute atomic E-state index is 12.7. The van der Waals surface area contributed by atoms with Crippen molar-refractivity contribution in [3.63, 3.8) is 0 Å². The smallest absolute Gasteiger partial charge is 0.194 e. The summed E-state index contributed by atoms with van der Waals surface area (Å²) in [6, 6.07) is 1.80. The van der Waals surface area contributed by atoms with Crippen LogP contribution < -0.4 is 0 Å². The van der Waals surface area contributed by atoms with E-state index in [0.29, 0.717) is 6.42 Å². The molecule has 1 atom stereocenters. The van der Waals surface area contributed by atoms with Gasteiger partial charge in [-0.25, -0.2) is 13.2 Å². The van der Waals surface area contributed by atoms with Crippen LogP contribution in [-0.4, -0.2) is 11.2 Å². The average Bonchev–Trinajstić information content (AvgIpc) is 2.14. The molecule has 0 aliphatic heterocycles. The zero-order chi connectivity index (χ0) is 10.7. The number of benzene rings is 1. The second-order valence-corrected chi connectivity index (χ2v) is 3.14. The van der Waals surface area contributed by atoms with Crippen LogP contribution in [0.2, 0.25) is 0 Å². The van der Waals surface area contributed by atoms with Crippen molar-refractivity contribution < 1.29 is 18.3 Å². The lowest BCUT2D eigenvalue weighted by molar-refractivity contribution is 0.170. The Hall–Kier alpha value is -1.03. The van der Waals surface area contributed by atoms with Gasteiger partial charge in [0.1, 0.15) is 0 Å². The maximum atomic E-state index is 12.7. The second-order valence-electron chi connectivity index (χ2n) is 3.14. The van der Waals surface area contributed by atoms with Gasteiger partial charge in [0, 0.05) is 0 Å². The summed E-state index contributed by atoms with van der Waals surface area (Å²) in [4.78, 5) is 0. The third kappa shape index (κ3) is 2.48. The Morgan fingerprint density at radius 1 is 1.21 bits per heavy atom. The highest BCUT2D eigenvalue weighted by atomic mass is 19.2. The molecule has 1 rings (SSSR count). The van der Waals surface area contributed by atoms with Gasteiger partial charge in [0.15, 0.2) is 17.5 Å². The minimum Gasteiger partial charge on any atom is -0.393 e. The first kappa shape index (κ1) is 11.0. The molecule has 0 saturated heterocycles. The molecule has 1 N–H and O–H groups in total. The van der Waals surface area contributed by atoms with Crippen LogP contribution in [0.5, 0.6) is 0 Å². The van der Waals surface area contributed by atoms with Gasteiger partial charge in [-0.15, -0.1) is 0 Å². The van der Waals surface area contributed by atoms with E-state index in [4.69, 9.17) is 0 Å². The van der Waals surface area contributed by atoms with Crippen LogP contribution in [0.3, 0.4) is 0 Å². The lowest BCUT2D eigenvalue weighted by atomic mass is 10.1. The molecule has 1 aromatic carbocycles. The van der Waals surface area contributed by atoms with Crippen LogP contribution in [0.15, 0.2) is 12.1 Å². The highest BCUT2D eigenvalue weighted by molar-refractivity contribution is 5.20. The van der Waals surface area contributed by atoms with Gasteiger partial charge in [-0.2, -0.15) is 0 Å². The third-order valence-corrected chi connectivity index (χ3v) is 1.99. The van der Waals surface area contributed by atoms with Gasteiger partial charge in [0.05, 0.1) is 6.10 Å². The summed E-state index contributed by atoms with van der Waals surface area (Å²) in [5.74, 6) is -3.91. The summed E-state index contributed by atoms with van der Waals surface area (Å²) in [7, 11) is 0. The van der Waals surface area contributed by atoms with Crippen molar-refractivity contribution in [2.45, 2.75) is 25.9 Å². The molecule has 1 nitrogen and oxygen atoms in total. The number of hydrogen-bond acceptors (Lipinski definition) is 1. The molecule has 1 aromatic rings. The number of rotatable bonds is 3. The van der Waals surface area contributed by atoms with E-state index >= 15 is 0 Å². The summed E-state index contributed by atoms with van der Waals surface area (Å²) in [6.45, 7) is 1.75. The van der Waals surface area contributed by atoms with Crippen LogP contribution in [0.25, 0.3) is 0 Å². The van der Waals surface area contributed by atoms with E-state index in [1.54, 1.807) is 6.92 Å². The molecule has 0 aliphatic rings. The average molecular weight is 204 g/mol. The van der Waals surface area contributed by atoms with Crippen LogP contribution >= 0.6 is 0 Å². The lowest BCUT2D eigenvalue weighted by Crippen LogP contribution is -2.09. The molecule has 0 saturated carbocycles. The largest absolute Gasteiger partial charge is 0.393 e. The Kier molecular flexibility index (Phi) is 3.52. The Balaban J connectivity index is 2.89. The number of halogens is 3. The van der Waals surface area contributed by atoms with Gasteiger partial charge in [-0.1, -0.05) is 6.92 Å². The minimum absolute atomic E-state index is 0.130.